The first-order valence-corrected chi connectivity index (χ1v) is 5.44. The normalized spacial score (nSPS) is 20.5. The summed E-state index contributed by atoms with van der Waals surface area (Å²) in [6.07, 6.45) is 1.15. The Bertz CT molecular complexity index is 467. The summed E-state index contributed by atoms with van der Waals surface area (Å²) < 4.78 is 0. The van der Waals surface area contributed by atoms with Crippen LogP contribution in [0, 0.1) is 0 Å². The average Bonchev–Trinajstić information content (AvgIpc) is 2.58. The number of aryl methyl sites for hydroxylation is 1. The van der Waals surface area contributed by atoms with E-state index < -0.39 is 0 Å². The highest BCUT2D eigenvalue weighted by Crippen LogP contribution is 2.24. The fraction of sp³-hybridized carbons (Fsp3) is 0.545. The minimum Gasteiger partial charge on any atom is -0.345 e. The van der Waals surface area contributed by atoms with Crippen LogP contribution in [0.3, 0.4) is 0 Å². The van der Waals surface area contributed by atoms with Crippen LogP contribution < -0.4 is 5.56 Å². The Morgan fingerprint density at radius 3 is 2.88 bits per heavy atom. The van der Waals surface area contributed by atoms with Crippen LogP contribution in [0.25, 0.3) is 0 Å². The van der Waals surface area contributed by atoms with Crippen LogP contribution >= 0.6 is 0 Å². The molecule has 5 heteroatoms. The van der Waals surface area contributed by atoms with Gasteiger partial charge in [0.25, 0.3) is 5.56 Å². The van der Waals surface area contributed by atoms with Crippen molar-refractivity contribution in [2.24, 2.45) is 0 Å². The van der Waals surface area contributed by atoms with Crippen LogP contribution in [0.5, 0.6) is 0 Å². The number of aromatic nitrogens is 2. The predicted octanol–water partition coefficient (Wildman–Crippen LogP) is 0.278. The molecule has 2 rings (SSSR count). The van der Waals surface area contributed by atoms with Gasteiger partial charge in [-0.25, -0.2) is 4.98 Å². The fourth-order valence-corrected chi connectivity index (χ4v) is 1.97. The molecule has 1 fully saturated rings. The van der Waals surface area contributed by atoms with Gasteiger partial charge in [0.05, 0.1) is 5.69 Å². The van der Waals surface area contributed by atoms with Crippen LogP contribution in [-0.4, -0.2) is 34.4 Å². The molecule has 1 atom stereocenters. The number of nitrogens with one attached hydrogen (secondary N) is 1. The summed E-state index contributed by atoms with van der Waals surface area (Å²) in [6, 6.07) is 1.50. The Labute approximate surface area is 93.5 Å². The molecule has 0 spiro atoms. The highest BCUT2D eigenvalue weighted by atomic mass is 16.2. The monoisotopic (exact) mass is 221 g/mol. The minimum atomic E-state index is -0.135. The van der Waals surface area contributed by atoms with Gasteiger partial charge in [-0.2, -0.15) is 0 Å². The van der Waals surface area contributed by atoms with Crippen LogP contribution in [0.2, 0.25) is 0 Å². The number of likely N-dealkylation sites (tertiary alicyclic amines) is 1. The first-order valence-electron chi connectivity index (χ1n) is 5.44. The highest BCUT2D eigenvalue weighted by Gasteiger charge is 2.29. The molecule has 1 N–H and O–H groups in total. The van der Waals surface area contributed by atoms with Gasteiger partial charge in [0.1, 0.15) is 5.82 Å². The molecule has 0 radical (unpaired) electrons. The number of carbonyl (C=O) groups is 1. The lowest BCUT2D eigenvalue weighted by Gasteiger charge is -2.10. The summed E-state index contributed by atoms with van der Waals surface area (Å²) in [5.74, 6) is 0.861. The largest absolute Gasteiger partial charge is 0.345 e. The fourth-order valence-electron chi connectivity index (χ4n) is 1.97. The minimum absolute atomic E-state index is 0.0603. The molecule has 1 aromatic rings. The first kappa shape index (κ1) is 10.9. The van der Waals surface area contributed by atoms with Crippen molar-refractivity contribution in [2.45, 2.75) is 25.7 Å². The van der Waals surface area contributed by atoms with Crippen molar-refractivity contribution in [3.8, 4) is 0 Å². The number of nitrogens with zero attached hydrogens (tertiary/aromatic N) is 2. The summed E-state index contributed by atoms with van der Waals surface area (Å²) in [5, 5.41) is 0. The molecule has 16 heavy (non-hydrogen) atoms. The van der Waals surface area contributed by atoms with Gasteiger partial charge >= 0.3 is 0 Å². The van der Waals surface area contributed by atoms with E-state index in [1.165, 1.54) is 6.07 Å². The quantitative estimate of drug-likeness (QED) is 0.780. The Hall–Kier alpha value is -1.65. The molecule has 1 aliphatic rings. The number of aromatic amines is 1. The first-order chi connectivity index (χ1) is 7.60. The molecule has 0 aliphatic carbocycles. The molecule has 0 saturated carbocycles. The van der Waals surface area contributed by atoms with Crippen molar-refractivity contribution in [2.75, 3.05) is 13.6 Å². The highest BCUT2D eigenvalue weighted by molar-refractivity contribution is 5.79. The van der Waals surface area contributed by atoms with Gasteiger partial charge in [-0.1, -0.05) is 6.92 Å². The number of hydrogen-bond donors (Lipinski definition) is 1. The van der Waals surface area contributed by atoms with Gasteiger partial charge in [0, 0.05) is 38.4 Å². The molecule has 2 heterocycles. The van der Waals surface area contributed by atoms with Crippen LogP contribution in [-0.2, 0) is 11.2 Å². The Balaban J connectivity index is 2.31. The molecule has 0 unspecified atom stereocenters. The topological polar surface area (TPSA) is 66.1 Å². The molecule has 1 aliphatic heterocycles. The van der Waals surface area contributed by atoms with E-state index in [0.717, 1.165) is 5.69 Å². The molecule has 86 valence electrons. The third kappa shape index (κ3) is 1.98. The molecule has 1 amide bonds. The number of hydrogen-bond acceptors (Lipinski definition) is 3. The third-order valence-corrected chi connectivity index (χ3v) is 2.90. The Morgan fingerprint density at radius 1 is 1.56 bits per heavy atom. The van der Waals surface area contributed by atoms with Crippen LogP contribution in [0.15, 0.2) is 10.9 Å². The van der Waals surface area contributed by atoms with Crippen molar-refractivity contribution < 1.29 is 4.79 Å². The zero-order chi connectivity index (χ0) is 11.7. The number of H-pyrrole nitrogens is 1. The predicted molar refractivity (Wildman–Crippen MR) is 59.2 cm³/mol. The molecule has 1 aromatic heterocycles. The second-order valence-corrected chi connectivity index (χ2v) is 4.15. The lowest BCUT2D eigenvalue weighted by molar-refractivity contribution is -0.126. The zero-order valence-electron chi connectivity index (χ0n) is 9.49. The maximum atomic E-state index is 11.4. The Kier molecular flexibility index (Phi) is 2.77. The molecule has 0 bridgehead atoms. The summed E-state index contributed by atoms with van der Waals surface area (Å²) >= 11 is 0. The summed E-state index contributed by atoms with van der Waals surface area (Å²) in [6.45, 7) is 2.59. The van der Waals surface area contributed by atoms with E-state index in [-0.39, 0.29) is 17.4 Å². The maximum absolute atomic E-state index is 11.4. The molecule has 1 saturated heterocycles. The zero-order valence-corrected chi connectivity index (χ0v) is 9.49. The van der Waals surface area contributed by atoms with E-state index >= 15 is 0 Å². The van der Waals surface area contributed by atoms with Crippen molar-refractivity contribution >= 4 is 5.91 Å². The van der Waals surface area contributed by atoms with Gasteiger partial charge in [-0.15, -0.1) is 0 Å². The SMILES string of the molecule is CCc1nc([C@@H]2CC(=O)N(C)C2)cc(=O)[nH]1. The lowest BCUT2D eigenvalue weighted by atomic mass is 10.0. The van der Waals surface area contributed by atoms with E-state index in [9.17, 15) is 9.59 Å². The van der Waals surface area contributed by atoms with Crippen LogP contribution in [0.1, 0.15) is 30.8 Å². The number of likely N-dealkylation sites (N-methyl/N-ethyl adjacent to an activating group) is 1. The lowest BCUT2D eigenvalue weighted by Crippen LogP contribution is -2.19. The second kappa shape index (κ2) is 4.08. The summed E-state index contributed by atoms with van der Waals surface area (Å²) in [4.78, 5) is 31.5. The maximum Gasteiger partial charge on any atom is 0.251 e. The van der Waals surface area contributed by atoms with E-state index in [1.807, 2.05) is 6.92 Å². The molecular formula is C11H15N3O2. The van der Waals surface area contributed by atoms with Gasteiger partial charge in [0.2, 0.25) is 5.91 Å². The van der Waals surface area contributed by atoms with Gasteiger partial charge in [-0.05, 0) is 0 Å². The van der Waals surface area contributed by atoms with Crippen LogP contribution in [0.4, 0.5) is 0 Å². The van der Waals surface area contributed by atoms with Crippen molar-refractivity contribution in [1.82, 2.24) is 14.9 Å². The molecular weight excluding hydrogens is 206 g/mol. The number of rotatable bonds is 2. The van der Waals surface area contributed by atoms with Gasteiger partial charge in [0.15, 0.2) is 0 Å². The second-order valence-electron chi connectivity index (χ2n) is 4.15. The number of carbonyl (C=O) groups excluding carboxylic acids is 1. The number of amides is 1. The van der Waals surface area contributed by atoms with Crippen molar-refractivity contribution in [3.05, 3.63) is 27.9 Å². The van der Waals surface area contributed by atoms with E-state index in [4.69, 9.17) is 0 Å². The third-order valence-electron chi connectivity index (χ3n) is 2.90. The van der Waals surface area contributed by atoms with Crippen molar-refractivity contribution in [1.29, 1.82) is 0 Å². The van der Waals surface area contributed by atoms with Crippen molar-refractivity contribution in [3.63, 3.8) is 0 Å². The summed E-state index contributed by atoms with van der Waals surface area (Å²) in [5.41, 5.74) is 0.599. The van der Waals surface area contributed by atoms with E-state index in [1.54, 1.807) is 11.9 Å². The average molecular weight is 221 g/mol. The molecule has 0 aromatic carbocycles. The molecule has 5 nitrogen and oxygen atoms in total. The van der Waals surface area contributed by atoms with Gasteiger partial charge < -0.3 is 9.88 Å². The van der Waals surface area contributed by atoms with Gasteiger partial charge in [-0.3, -0.25) is 9.59 Å². The Morgan fingerprint density at radius 2 is 2.31 bits per heavy atom. The summed E-state index contributed by atoms with van der Waals surface area (Å²) in [7, 11) is 1.77. The van der Waals surface area contributed by atoms with E-state index in [0.29, 0.717) is 25.2 Å². The van der Waals surface area contributed by atoms with E-state index in [2.05, 4.69) is 9.97 Å². The smallest absolute Gasteiger partial charge is 0.251 e. The standard InChI is InChI=1S/C11H15N3O2/c1-3-9-12-8(5-10(15)13-9)7-4-11(16)14(2)6-7/h5,7H,3-4,6H2,1-2H3,(H,12,13,15)/t7-/m1/s1.